The Morgan fingerprint density at radius 2 is 2.24 bits per heavy atom. The summed E-state index contributed by atoms with van der Waals surface area (Å²) >= 11 is 0. The van der Waals surface area contributed by atoms with Crippen molar-refractivity contribution in [3.8, 4) is 6.07 Å². The highest BCUT2D eigenvalue weighted by atomic mass is 19.3. The van der Waals surface area contributed by atoms with Gasteiger partial charge in [0.2, 0.25) is 0 Å². The predicted octanol–water partition coefficient (Wildman–Crippen LogP) is 2.47. The number of rotatable bonds is 5. The summed E-state index contributed by atoms with van der Waals surface area (Å²) in [6.45, 7) is 0.475. The molecular formula is C11H14F2N4. The largest absolute Gasteiger partial charge is 0.281 e. The number of aromatic nitrogens is 3. The van der Waals surface area contributed by atoms with Gasteiger partial charge in [0, 0.05) is 6.54 Å². The zero-order chi connectivity index (χ0) is 12.3. The van der Waals surface area contributed by atoms with Gasteiger partial charge in [0.15, 0.2) is 0 Å². The van der Waals surface area contributed by atoms with Gasteiger partial charge in [0.1, 0.15) is 11.4 Å². The number of alkyl halides is 2. The Balaban J connectivity index is 2.06. The fourth-order valence-electron chi connectivity index (χ4n) is 2.05. The van der Waals surface area contributed by atoms with Crippen LogP contribution in [-0.2, 0) is 13.0 Å². The van der Waals surface area contributed by atoms with Crippen molar-refractivity contribution in [2.24, 2.45) is 5.92 Å². The minimum atomic E-state index is -2.62. The molecule has 1 saturated carbocycles. The van der Waals surface area contributed by atoms with Gasteiger partial charge in [-0.1, -0.05) is 24.5 Å². The summed E-state index contributed by atoms with van der Waals surface area (Å²) < 4.78 is 27.0. The van der Waals surface area contributed by atoms with E-state index in [0.29, 0.717) is 12.5 Å². The van der Waals surface area contributed by atoms with Crippen LogP contribution in [0.4, 0.5) is 8.78 Å². The summed E-state index contributed by atoms with van der Waals surface area (Å²) in [7, 11) is 0. The first-order chi connectivity index (χ1) is 8.22. The molecule has 0 radical (unpaired) electrons. The average molecular weight is 240 g/mol. The van der Waals surface area contributed by atoms with Gasteiger partial charge in [-0.05, 0) is 12.3 Å². The molecule has 0 N–H and O–H groups in total. The third-order valence-corrected chi connectivity index (χ3v) is 3.27. The van der Waals surface area contributed by atoms with Crippen LogP contribution in [0, 0.1) is 17.2 Å². The molecule has 1 fully saturated rings. The van der Waals surface area contributed by atoms with Crippen molar-refractivity contribution in [3.05, 3.63) is 11.4 Å². The van der Waals surface area contributed by atoms with E-state index in [-0.39, 0.29) is 17.8 Å². The van der Waals surface area contributed by atoms with Crippen molar-refractivity contribution in [3.63, 3.8) is 0 Å². The predicted molar refractivity (Wildman–Crippen MR) is 56.3 cm³/mol. The Kier molecular flexibility index (Phi) is 3.67. The number of hydrogen-bond donors (Lipinski definition) is 0. The molecular weight excluding hydrogens is 226 g/mol. The fourth-order valence-corrected chi connectivity index (χ4v) is 2.05. The van der Waals surface area contributed by atoms with Crippen molar-refractivity contribution in [2.45, 2.75) is 45.1 Å². The Morgan fingerprint density at radius 1 is 1.47 bits per heavy atom. The lowest BCUT2D eigenvalue weighted by atomic mass is 9.83. The number of hydrogen-bond acceptors (Lipinski definition) is 3. The normalized spacial score (nSPS) is 15.9. The van der Waals surface area contributed by atoms with E-state index in [0.717, 1.165) is 6.42 Å². The number of nitrogens with zero attached hydrogens (tertiary/aromatic N) is 4. The van der Waals surface area contributed by atoms with E-state index in [2.05, 4.69) is 10.3 Å². The second kappa shape index (κ2) is 5.21. The van der Waals surface area contributed by atoms with Crippen LogP contribution in [0.2, 0.25) is 0 Å². The number of aryl methyl sites for hydroxylation is 1. The maximum Gasteiger partial charge on any atom is 0.281 e. The first kappa shape index (κ1) is 12.0. The quantitative estimate of drug-likeness (QED) is 0.794. The molecule has 1 aliphatic carbocycles. The molecule has 0 bridgehead atoms. The van der Waals surface area contributed by atoms with E-state index in [9.17, 15) is 8.78 Å². The molecule has 1 aromatic rings. The zero-order valence-corrected chi connectivity index (χ0v) is 9.44. The third-order valence-electron chi connectivity index (χ3n) is 3.27. The van der Waals surface area contributed by atoms with Gasteiger partial charge in [-0.25, -0.2) is 13.5 Å². The Bertz CT molecular complexity index is 418. The standard InChI is InChI=1S/C11H14F2N4/c12-11(13)10-9(4-6-14)15-16-17(10)7-5-8-2-1-3-8/h8,11H,1-5,7H2. The minimum absolute atomic E-state index is 0.108. The van der Waals surface area contributed by atoms with Crippen LogP contribution in [0.5, 0.6) is 0 Å². The fraction of sp³-hybridized carbons (Fsp3) is 0.727. The minimum Gasteiger partial charge on any atom is -0.243 e. The van der Waals surface area contributed by atoms with Crippen LogP contribution in [0.25, 0.3) is 0 Å². The van der Waals surface area contributed by atoms with Crippen molar-refractivity contribution in [2.75, 3.05) is 0 Å². The summed E-state index contributed by atoms with van der Waals surface area (Å²) in [4.78, 5) is 0. The molecule has 92 valence electrons. The van der Waals surface area contributed by atoms with Crippen molar-refractivity contribution >= 4 is 0 Å². The first-order valence-electron chi connectivity index (χ1n) is 5.79. The molecule has 17 heavy (non-hydrogen) atoms. The Labute approximate surface area is 98.2 Å². The van der Waals surface area contributed by atoms with Crippen LogP contribution in [-0.4, -0.2) is 15.0 Å². The second-order valence-corrected chi connectivity index (χ2v) is 4.37. The lowest BCUT2D eigenvalue weighted by Crippen LogP contribution is -2.16. The summed E-state index contributed by atoms with van der Waals surface area (Å²) in [5, 5.41) is 15.9. The Hall–Kier alpha value is -1.51. The van der Waals surface area contributed by atoms with Crippen LogP contribution in [0.3, 0.4) is 0 Å². The molecule has 1 heterocycles. The molecule has 0 saturated heterocycles. The molecule has 0 aromatic carbocycles. The topological polar surface area (TPSA) is 54.5 Å². The summed E-state index contributed by atoms with van der Waals surface area (Å²) in [6, 6.07) is 1.83. The van der Waals surface area contributed by atoms with E-state index in [1.165, 1.54) is 23.9 Å². The van der Waals surface area contributed by atoms with Crippen LogP contribution >= 0.6 is 0 Å². The first-order valence-corrected chi connectivity index (χ1v) is 5.79. The van der Waals surface area contributed by atoms with Gasteiger partial charge < -0.3 is 0 Å². The highest BCUT2D eigenvalue weighted by molar-refractivity contribution is 5.15. The van der Waals surface area contributed by atoms with Gasteiger partial charge in [-0.15, -0.1) is 5.10 Å². The highest BCUT2D eigenvalue weighted by Gasteiger charge is 2.23. The lowest BCUT2D eigenvalue weighted by Gasteiger charge is -2.25. The zero-order valence-electron chi connectivity index (χ0n) is 9.44. The third kappa shape index (κ3) is 2.60. The highest BCUT2D eigenvalue weighted by Crippen LogP contribution is 2.30. The SMILES string of the molecule is N#CCc1nnn(CCC2CCC2)c1C(F)F. The average Bonchev–Trinajstić information content (AvgIpc) is 2.59. The van der Waals surface area contributed by atoms with Crippen molar-refractivity contribution in [1.82, 2.24) is 15.0 Å². The van der Waals surface area contributed by atoms with E-state index >= 15 is 0 Å². The van der Waals surface area contributed by atoms with Crippen LogP contribution in [0.1, 0.15) is 43.5 Å². The number of halogens is 2. The molecule has 1 aliphatic rings. The van der Waals surface area contributed by atoms with Gasteiger partial charge in [0.05, 0.1) is 12.5 Å². The van der Waals surface area contributed by atoms with E-state index in [1.807, 2.05) is 6.07 Å². The molecule has 0 spiro atoms. The van der Waals surface area contributed by atoms with E-state index < -0.39 is 6.43 Å². The van der Waals surface area contributed by atoms with Gasteiger partial charge in [-0.2, -0.15) is 5.26 Å². The molecule has 2 rings (SSSR count). The molecule has 0 atom stereocenters. The van der Waals surface area contributed by atoms with E-state index in [4.69, 9.17) is 5.26 Å². The Morgan fingerprint density at radius 3 is 2.76 bits per heavy atom. The van der Waals surface area contributed by atoms with Gasteiger partial charge >= 0.3 is 0 Å². The maximum atomic E-state index is 12.9. The van der Waals surface area contributed by atoms with Crippen molar-refractivity contribution < 1.29 is 8.78 Å². The summed E-state index contributed by atoms with van der Waals surface area (Å²) in [5.41, 5.74) is -0.0815. The molecule has 0 unspecified atom stereocenters. The smallest absolute Gasteiger partial charge is 0.243 e. The van der Waals surface area contributed by atoms with E-state index in [1.54, 1.807) is 0 Å². The second-order valence-electron chi connectivity index (χ2n) is 4.37. The molecule has 0 aliphatic heterocycles. The monoisotopic (exact) mass is 240 g/mol. The van der Waals surface area contributed by atoms with Crippen molar-refractivity contribution in [1.29, 1.82) is 5.26 Å². The summed E-state index contributed by atoms with van der Waals surface area (Å²) in [6.07, 6.45) is 1.75. The summed E-state index contributed by atoms with van der Waals surface area (Å²) in [5.74, 6) is 0.643. The molecule has 0 amide bonds. The van der Waals surface area contributed by atoms with Crippen LogP contribution < -0.4 is 0 Å². The lowest BCUT2D eigenvalue weighted by molar-refractivity contribution is 0.136. The van der Waals surface area contributed by atoms with Gasteiger partial charge in [0.25, 0.3) is 6.43 Å². The molecule has 4 nitrogen and oxygen atoms in total. The molecule has 1 aromatic heterocycles. The molecule has 6 heteroatoms. The number of nitriles is 1. The van der Waals surface area contributed by atoms with Gasteiger partial charge in [-0.3, -0.25) is 0 Å². The maximum absolute atomic E-state index is 12.9. The van der Waals surface area contributed by atoms with Crippen LogP contribution in [0.15, 0.2) is 0 Å².